The molecule has 1 aromatic carbocycles. The number of amides is 2. The highest BCUT2D eigenvalue weighted by Crippen LogP contribution is 2.05. The summed E-state index contributed by atoms with van der Waals surface area (Å²) in [5, 5.41) is 5.70. The zero-order valence-electron chi connectivity index (χ0n) is 12.9. The van der Waals surface area contributed by atoms with E-state index in [0.29, 0.717) is 31.8 Å². The largest absolute Gasteiger partial charge is 0.380 e. The number of nitrogens with one attached hydrogen (secondary N) is 2. The molecule has 6 heteroatoms. The molecule has 0 atom stereocenters. The Morgan fingerprint density at radius 2 is 2.14 bits per heavy atom. The minimum absolute atomic E-state index is 0.0691. The molecule has 0 saturated carbocycles. The lowest BCUT2D eigenvalue weighted by Gasteiger charge is -2.26. The SMILES string of the molecule is COCc1ccc(C(=O)NCCCN2CCNC(=O)C2)cc1. The monoisotopic (exact) mass is 305 g/mol. The third-order valence-electron chi connectivity index (χ3n) is 3.58. The first-order valence-corrected chi connectivity index (χ1v) is 7.54. The van der Waals surface area contributed by atoms with Crippen molar-refractivity contribution in [1.82, 2.24) is 15.5 Å². The van der Waals surface area contributed by atoms with Crippen LogP contribution in [-0.2, 0) is 16.1 Å². The fourth-order valence-corrected chi connectivity index (χ4v) is 2.41. The molecule has 1 aromatic rings. The Labute approximate surface area is 130 Å². The Morgan fingerprint density at radius 3 is 2.82 bits per heavy atom. The quantitative estimate of drug-likeness (QED) is 0.715. The second-order valence-corrected chi connectivity index (χ2v) is 5.37. The lowest BCUT2D eigenvalue weighted by molar-refractivity contribution is -0.124. The highest BCUT2D eigenvalue weighted by Gasteiger charge is 2.15. The molecule has 2 rings (SSSR count). The molecule has 0 bridgehead atoms. The summed E-state index contributed by atoms with van der Waals surface area (Å²) >= 11 is 0. The van der Waals surface area contributed by atoms with Gasteiger partial charge in [0, 0.05) is 38.9 Å². The third kappa shape index (κ3) is 5.13. The number of rotatable bonds is 7. The van der Waals surface area contributed by atoms with Crippen molar-refractivity contribution in [3.8, 4) is 0 Å². The van der Waals surface area contributed by atoms with Crippen LogP contribution in [0.2, 0.25) is 0 Å². The Hall–Kier alpha value is -1.92. The van der Waals surface area contributed by atoms with E-state index in [9.17, 15) is 9.59 Å². The molecule has 1 saturated heterocycles. The first kappa shape index (κ1) is 16.5. The van der Waals surface area contributed by atoms with Gasteiger partial charge in [0.1, 0.15) is 0 Å². The van der Waals surface area contributed by atoms with Crippen molar-refractivity contribution in [3.05, 3.63) is 35.4 Å². The maximum atomic E-state index is 12.0. The molecule has 0 aliphatic carbocycles. The van der Waals surface area contributed by atoms with Crippen LogP contribution < -0.4 is 10.6 Å². The van der Waals surface area contributed by atoms with Crippen LogP contribution in [0.3, 0.4) is 0 Å². The van der Waals surface area contributed by atoms with Gasteiger partial charge in [-0.1, -0.05) is 12.1 Å². The summed E-state index contributed by atoms with van der Waals surface area (Å²) in [5.74, 6) is 0.00629. The van der Waals surface area contributed by atoms with Crippen molar-refractivity contribution in [2.75, 3.05) is 39.8 Å². The number of benzene rings is 1. The molecule has 1 aliphatic rings. The Bertz CT molecular complexity index is 502. The van der Waals surface area contributed by atoms with Gasteiger partial charge in [-0.25, -0.2) is 0 Å². The van der Waals surface area contributed by atoms with Gasteiger partial charge in [-0.3, -0.25) is 14.5 Å². The minimum Gasteiger partial charge on any atom is -0.380 e. The summed E-state index contributed by atoms with van der Waals surface area (Å²) in [7, 11) is 1.65. The van der Waals surface area contributed by atoms with Crippen molar-refractivity contribution in [3.63, 3.8) is 0 Å². The van der Waals surface area contributed by atoms with Crippen LogP contribution in [0.5, 0.6) is 0 Å². The Balaban J connectivity index is 1.67. The average molecular weight is 305 g/mol. The lowest BCUT2D eigenvalue weighted by Crippen LogP contribution is -2.48. The topological polar surface area (TPSA) is 70.7 Å². The van der Waals surface area contributed by atoms with Gasteiger partial charge in [0.05, 0.1) is 13.2 Å². The smallest absolute Gasteiger partial charge is 0.251 e. The van der Waals surface area contributed by atoms with Gasteiger partial charge >= 0.3 is 0 Å². The van der Waals surface area contributed by atoms with E-state index in [1.807, 2.05) is 12.1 Å². The van der Waals surface area contributed by atoms with E-state index in [2.05, 4.69) is 15.5 Å². The molecule has 0 spiro atoms. The predicted molar refractivity (Wildman–Crippen MR) is 83.6 cm³/mol. The molecule has 1 heterocycles. The van der Waals surface area contributed by atoms with Crippen molar-refractivity contribution >= 4 is 11.8 Å². The van der Waals surface area contributed by atoms with Crippen LogP contribution in [0.15, 0.2) is 24.3 Å². The van der Waals surface area contributed by atoms with E-state index in [1.165, 1.54) is 0 Å². The first-order chi connectivity index (χ1) is 10.7. The number of hydrogen-bond acceptors (Lipinski definition) is 4. The van der Waals surface area contributed by atoms with Crippen LogP contribution in [0.4, 0.5) is 0 Å². The van der Waals surface area contributed by atoms with Gasteiger partial charge in [-0.05, 0) is 24.1 Å². The summed E-state index contributed by atoms with van der Waals surface area (Å²) in [4.78, 5) is 25.3. The van der Waals surface area contributed by atoms with E-state index in [0.717, 1.165) is 25.1 Å². The maximum absolute atomic E-state index is 12.0. The molecule has 120 valence electrons. The standard InChI is InChI=1S/C16H23N3O3/c1-22-12-13-3-5-14(6-4-13)16(21)18-7-2-9-19-10-8-17-15(20)11-19/h3-6H,2,7-12H2,1H3,(H,17,20)(H,18,21). The van der Waals surface area contributed by atoms with Crippen LogP contribution in [0.25, 0.3) is 0 Å². The molecule has 0 unspecified atom stereocenters. The van der Waals surface area contributed by atoms with Crippen molar-refractivity contribution < 1.29 is 14.3 Å². The number of ether oxygens (including phenoxy) is 1. The molecule has 1 fully saturated rings. The average Bonchev–Trinajstić information content (AvgIpc) is 2.52. The minimum atomic E-state index is -0.0691. The van der Waals surface area contributed by atoms with E-state index in [1.54, 1.807) is 19.2 Å². The highest BCUT2D eigenvalue weighted by molar-refractivity contribution is 5.94. The Kier molecular flexibility index (Phi) is 6.36. The van der Waals surface area contributed by atoms with Gasteiger partial charge in [0.15, 0.2) is 0 Å². The van der Waals surface area contributed by atoms with E-state index < -0.39 is 0 Å². The number of methoxy groups -OCH3 is 1. The van der Waals surface area contributed by atoms with Crippen molar-refractivity contribution in [1.29, 1.82) is 0 Å². The second kappa shape index (κ2) is 8.51. The molecule has 2 amide bonds. The van der Waals surface area contributed by atoms with Gasteiger partial charge in [-0.2, -0.15) is 0 Å². The molecule has 0 aromatic heterocycles. The fourth-order valence-electron chi connectivity index (χ4n) is 2.41. The summed E-state index contributed by atoms with van der Waals surface area (Å²) in [6.45, 7) is 4.01. The molecule has 22 heavy (non-hydrogen) atoms. The van der Waals surface area contributed by atoms with Gasteiger partial charge in [0.2, 0.25) is 5.91 Å². The predicted octanol–water partition coefficient (Wildman–Crippen LogP) is 0.385. The van der Waals surface area contributed by atoms with Gasteiger partial charge in [-0.15, -0.1) is 0 Å². The van der Waals surface area contributed by atoms with Crippen molar-refractivity contribution in [2.45, 2.75) is 13.0 Å². The molecule has 1 aliphatic heterocycles. The normalized spacial score (nSPS) is 15.4. The van der Waals surface area contributed by atoms with Crippen LogP contribution in [0.1, 0.15) is 22.3 Å². The summed E-state index contributed by atoms with van der Waals surface area (Å²) < 4.78 is 5.04. The third-order valence-corrected chi connectivity index (χ3v) is 3.58. The second-order valence-electron chi connectivity index (χ2n) is 5.37. The zero-order chi connectivity index (χ0) is 15.8. The van der Waals surface area contributed by atoms with E-state index in [4.69, 9.17) is 4.74 Å². The molecular weight excluding hydrogens is 282 g/mol. The van der Waals surface area contributed by atoms with Gasteiger partial charge < -0.3 is 15.4 Å². The number of nitrogens with zero attached hydrogens (tertiary/aromatic N) is 1. The van der Waals surface area contributed by atoms with Crippen LogP contribution >= 0.6 is 0 Å². The number of piperazine rings is 1. The summed E-state index contributed by atoms with van der Waals surface area (Å²) in [5.41, 5.74) is 1.69. The number of carbonyl (C=O) groups is 2. The van der Waals surface area contributed by atoms with Crippen LogP contribution in [0, 0.1) is 0 Å². The van der Waals surface area contributed by atoms with E-state index in [-0.39, 0.29) is 11.8 Å². The number of carbonyl (C=O) groups excluding carboxylic acids is 2. The fraction of sp³-hybridized carbons (Fsp3) is 0.500. The molecule has 0 radical (unpaired) electrons. The lowest BCUT2D eigenvalue weighted by atomic mass is 10.1. The number of hydrogen-bond donors (Lipinski definition) is 2. The van der Waals surface area contributed by atoms with E-state index >= 15 is 0 Å². The molecule has 2 N–H and O–H groups in total. The Morgan fingerprint density at radius 1 is 1.36 bits per heavy atom. The van der Waals surface area contributed by atoms with Gasteiger partial charge in [0.25, 0.3) is 5.91 Å². The van der Waals surface area contributed by atoms with Crippen LogP contribution in [-0.4, -0.2) is 56.5 Å². The highest BCUT2D eigenvalue weighted by atomic mass is 16.5. The molecular formula is C16H23N3O3. The van der Waals surface area contributed by atoms with Crippen molar-refractivity contribution in [2.24, 2.45) is 0 Å². The maximum Gasteiger partial charge on any atom is 0.251 e. The summed E-state index contributed by atoms with van der Waals surface area (Å²) in [6.07, 6.45) is 0.834. The zero-order valence-corrected chi connectivity index (χ0v) is 12.9. The first-order valence-electron chi connectivity index (χ1n) is 7.54. The molecule has 6 nitrogen and oxygen atoms in total. The summed E-state index contributed by atoms with van der Waals surface area (Å²) in [6, 6.07) is 7.40.